The summed E-state index contributed by atoms with van der Waals surface area (Å²) >= 11 is 0. The number of nitro groups is 1. The van der Waals surface area contributed by atoms with E-state index in [1.807, 2.05) is 0 Å². The molecule has 0 unspecified atom stereocenters. The minimum absolute atomic E-state index is 0.130. The summed E-state index contributed by atoms with van der Waals surface area (Å²) in [4.78, 5) is 25.3. The van der Waals surface area contributed by atoms with Crippen LogP contribution in [0.4, 0.5) is 16.2 Å². The molecular formula is C24H16N2O6. The smallest absolute Gasteiger partial charge is 0.415 e. The molecule has 158 valence electrons. The Morgan fingerprint density at radius 3 is 2.69 bits per heavy atom. The van der Waals surface area contributed by atoms with Crippen molar-refractivity contribution >= 4 is 17.5 Å². The van der Waals surface area contributed by atoms with Crippen molar-refractivity contribution < 1.29 is 24.3 Å². The molecule has 32 heavy (non-hydrogen) atoms. The number of rotatable bonds is 3. The molecule has 5 rings (SSSR count). The van der Waals surface area contributed by atoms with Crippen LogP contribution in [0.3, 0.4) is 0 Å². The second kappa shape index (κ2) is 7.54. The highest BCUT2D eigenvalue weighted by Crippen LogP contribution is 2.58. The lowest BCUT2D eigenvalue weighted by Crippen LogP contribution is -2.50. The van der Waals surface area contributed by atoms with E-state index < -0.39 is 34.9 Å². The van der Waals surface area contributed by atoms with Crippen molar-refractivity contribution in [1.82, 2.24) is 0 Å². The summed E-state index contributed by atoms with van der Waals surface area (Å²) in [6.45, 7) is -0.278. The Bertz CT molecular complexity index is 1280. The first-order valence-corrected chi connectivity index (χ1v) is 9.85. The number of nitro benzene ring substituents is 1. The predicted octanol–water partition coefficient (Wildman–Crippen LogP) is 2.65. The zero-order chi connectivity index (χ0) is 22.3. The summed E-state index contributed by atoms with van der Waals surface area (Å²) in [5.74, 6) is 11.4. The molecule has 1 saturated heterocycles. The number of ether oxygens (including phenoxy) is 2. The van der Waals surface area contributed by atoms with Crippen molar-refractivity contribution in [3.8, 4) is 23.7 Å². The quantitative estimate of drug-likeness (QED) is 0.349. The fraction of sp³-hybridized carbons (Fsp3) is 0.208. The molecule has 0 spiro atoms. The number of carbonyl (C=O) groups is 1. The van der Waals surface area contributed by atoms with Gasteiger partial charge in [0.2, 0.25) is 0 Å². The molecular weight excluding hydrogens is 412 g/mol. The van der Waals surface area contributed by atoms with Gasteiger partial charge in [-0.2, -0.15) is 0 Å². The monoisotopic (exact) mass is 428 g/mol. The van der Waals surface area contributed by atoms with Gasteiger partial charge in [-0.05, 0) is 24.3 Å². The Morgan fingerprint density at radius 1 is 1.16 bits per heavy atom. The van der Waals surface area contributed by atoms with Gasteiger partial charge in [0.05, 0.1) is 16.2 Å². The summed E-state index contributed by atoms with van der Waals surface area (Å²) in [6.07, 6.45) is 0.631. The molecule has 0 saturated carbocycles. The number of carbonyl (C=O) groups excluding carboxylic acids is 1. The van der Waals surface area contributed by atoms with Gasteiger partial charge in [0, 0.05) is 11.6 Å². The second-order valence-corrected chi connectivity index (χ2v) is 7.42. The van der Waals surface area contributed by atoms with E-state index in [9.17, 15) is 20.0 Å². The number of hydrogen-bond acceptors (Lipinski definition) is 6. The van der Waals surface area contributed by atoms with E-state index in [2.05, 4.69) is 23.7 Å². The highest BCUT2D eigenvalue weighted by atomic mass is 16.6. The molecule has 1 fully saturated rings. The third-order valence-electron chi connectivity index (χ3n) is 5.68. The van der Waals surface area contributed by atoms with Crippen LogP contribution in [0, 0.1) is 33.8 Å². The van der Waals surface area contributed by atoms with Crippen molar-refractivity contribution in [3.05, 3.63) is 81.9 Å². The number of aliphatic hydroxyl groups excluding tert-OH is 1. The number of anilines is 1. The van der Waals surface area contributed by atoms with Crippen LogP contribution in [0.15, 0.2) is 60.7 Å². The van der Waals surface area contributed by atoms with E-state index in [1.165, 1.54) is 29.2 Å². The van der Waals surface area contributed by atoms with Crippen LogP contribution in [-0.2, 0) is 21.7 Å². The Balaban J connectivity index is 1.52. The number of hydrogen-bond donors (Lipinski definition) is 1. The van der Waals surface area contributed by atoms with Crippen molar-refractivity contribution in [2.75, 3.05) is 4.90 Å². The van der Waals surface area contributed by atoms with Gasteiger partial charge in [-0.3, -0.25) is 15.0 Å². The first kappa shape index (κ1) is 19.8. The highest BCUT2D eigenvalue weighted by molar-refractivity contribution is 5.92. The van der Waals surface area contributed by atoms with E-state index >= 15 is 0 Å². The van der Waals surface area contributed by atoms with Crippen LogP contribution in [-0.4, -0.2) is 34.4 Å². The van der Waals surface area contributed by atoms with Crippen LogP contribution in [0.2, 0.25) is 0 Å². The fourth-order valence-corrected chi connectivity index (χ4v) is 4.18. The number of para-hydroxylation sites is 2. The number of amides is 1. The molecule has 8 heteroatoms. The van der Waals surface area contributed by atoms with Crippen molar-refractivity contribution in [2.24, 2.45) is 0 Å². The lowest BCUT2D eigenvalue weighted by atomic mass is 9.82. The van der Waals surface area contributed by atoms with E-state index in [0.717, 1.165) is 0 Å². The molecule has 2 heterocycles. The summed E-state index contributed by atoms with van der Waals surface area (Å²) in [7, 11) is 0. The SMILES string of the molecule is O=C(OCc1ccccc1[N+](=O)[O-])N1c2ccccc2[C@@]23O[C@H]2[C@@H]1C#C/C=C\C#C[C@H]3O. The molecule has 2 bridgehead atoms. The molecule has 0 radical (unpaired) electrons. The van der Waals surface area contributed by atoms with E-state index in [-0.39, 0.29) is 17.9 Å². The molecule has 1 N–H and O–H groups in total. The van der Waals surface area contributed by atoms with Gasteiger partial charge < -0.3 is 14.6 Å². The van der Waals surface area contributed by atoms with Crippen LogP contribution < -0.4 is 4.90 Å². The van der Waals surface area contributed by atoms with Crippen LogP contribution in [0.1, 0.15) is 11.1 Å². The van der Waals surface area contributed by atoms with Gasteiger partial charge in [0.15, 0.2) is 11.7 Å². The number of nitrogens with zero attached hydrogens (tertiary/aromatic N) is 2. The average Bonchev–Trinajstić information content (AvgIpc) is 3.57. The Labute approximate surface area is 183 Å². The van der Waals surface area contributed by atoms with E-state index in [0.29, 0.717) is 11.3 Å². The molecule has 8 nitrogen and oxygen atoms in total. The maximum absolute atomic E-state index is 13.2. The van der Waals surface area contributed by atoms with Gasteiger partial charge in [-0.15, -0.1) is 0 Å². The Kier molecular flexibility index (Phi) is 4.67. The lowest BCUT2D eigenvalue weighted by molar-refractivity contribution is -0.385. The Hall–Kier alpha value is -4.11. The van der Waals surface area contributed by atoms with Gasteiger partial charge in [0.1, 0.15) is 18.8 Å². The zero-order valence-electron chi connectivity index (χ0n) is 16.6. The molecule has 2 aromatic carbocycles. The molecule has 1 aliphatic carbocycles. The summed E-state index contributed by atoms with van der Waals surface area (Å²) < 4.78 is 11.4. The predicted molar refractivity (Wildman–Crippen MR) is 113 cm³/mol. The third kappa shape index (κ3) is 3.02. The number of epoxide rings is 1. The van der Waals surface area contributed by atoms with Gasteiger partial charge >= 0.3 is 6.09 Å². The number of aliphatic hydroxyl groups is 1. The van der Waals surface area contributed by atoms with Gasteiger partial charge in [-0.1, -0.05) is 54.0 Å². The van der Waals surface area contributed by atoms with Crippen LogP contribution in [0.5, 0.6) is 0 Å². The first-order chi connectivity index (χ1) is 15.5. The van der Waals surface area contributed by atoms with Crippen molar-refractivity contribution in [3.63, 3.8) is 0 Å². The van der Waals surface area contributed by atoms with E-state index in [4.69, 9.17) is 9.47 Å². The second-order valence-electron chi connectivity index (χ2n) is 7.42. The number of allylic oxidation sites excluding steroid dienone is 2. The maximum atomic E-state index is 13.2. The van der Waals surface area contributed by atoms with Crippen molar-refractivity contribution in [2.45, 2.75) is 30.5 Å². The topological polar surface area (TPSA) is 105 Å². The molecule has 0 aromatic heterocycles. The minimum Gasteiger partial charge on any atom is -0.444 e. The molecule has 2 aromatic rings. The van der Waals surface area contributed by atoms with Crippen LogP contribution >= 0.6 is 0 Å². The average molecular weight is 428 g/mol. The maximum Gasteiger partial charge on any atom is 0.415 e. The van der Waals surface area contributed by atoms with Gasteiger partial charge in [0.25, 0.3) is 5.69 Å². The third-order valence-corrected chi connectivity index (χ3v) is 5.68. The first-order valence-electron chi connectivity index (χ1n) is 9.85. The molecule has 1 amide bonds. The molecule has 3 aliphatic rings. The fourth-order valence-electron chi connectivity index (χ4n) is 4.18. The highest BCUT2D eigenvalue weighted by Gasteiger charge is 2.70. The summed E-state index contributed by atoms with van der Waals surface area (Å²) in [5.41, 5.74) is 0.159. The van der Waals surface area contributed by atoms with E-state index in [1.54, 1.807) is 36.4 Å². The normalized spacial score (nSPS) is 27.3. The largest absolute Gasteiger partial charge is 0.444 e. The number of fused-ring (bicyclic) bond motifs is 1. The van der Waals surface area contributed by atoms with Crippen LogP contribution in [0.25, 0.3) is 0 Å². The summed E-state index contributed by atoms with van der Waals surface area (Å²) in [6, 6.07) is 12.4. The summed E-state index contributed by atoms with van der Waals surface area (Å²) in [5, 5.41) is 22.0. The lowest BCUT2D eigenvalue weighted by Gasteiger charge is -2.35. The van der Waals surface area contributed by atoms with Crippen molar-refractivity contribution in [1.29, 1.82) is 0 Å². The minimum atomic E-state index is -1.11. The molecule has 2 aliphatic heterocycles. The number of benzene rings is 2. The standard InChI is InChI=1S/C24H16N2O6/c27-21-14-4-2-1-3-13-20-22-24(21,32-22)17-10-6-8-12-19(17)25(20)23(28)31-15-16-9-5-7-11-18(16)26(29)30/h1-2,5-12,20-22,27H,15H2/b2-1-/t20-,21+,22-,24-/m0/s1. The molecule has 4 atom stereocenters. The Morgan fingerprint density at radius 2 is 1.88 bits per heavy atom. The van der Waals surface area contributed by atoms with Gasteiger partial charge in [-0.25, -0.2) is 4.79 Å². The zero-order valence-corrected chi connectivity index (χ0v) is 16.6.